The van der Waals surface area contributed by atoms with Crippen molar-refractivity contribution < 1.29 is 42.1 Å². The van der Waals surface area contributed by atoms with E-state index in [1.54, 1.807) is 0 Å². The lowest BCUT2D eigenvalue weighted by Crippen LogP contribution is -2.37. The number of unbranched alkanes of at least 4 members (excludes halogenated alkanes) is 19. The zero-order valence-electron chi connectivity index (χ0n) is 35.5. The highest BCUT2D eigenvalue weighted by Gasteiger charge is 2.27. The van der Waals surface area contributed by atoms with Crippen molar-refractivity contribution in [3.63, 3.8) is 0 Å². The number of hydrogen-bond acceptors (Lipinski definition) is 7. The molecule has 0 aromatic carbocycles. The summed E-state index contributed by atoms with van der Waals surface area (Å²) in [7, 11) is 1.47. The van der Waals surface area contributed by atoms with Crippen molar-refractivity contribution in [3.05, 3.63) is 36.5 Å². The smallest absolute Gasteiger partial charge is 0.462 e. The summed E-state index contributed by atoms with van der Waals surface area (Å²) in [5.41, 5.74) is 0. The molecule has 0 amide bonds. The van der Waals surface area contributed by atoms with E-state index in [1.807, 2.05) is 21.1 Å². The number of esters is 2. The number of ether oxygens (including phenoxy) is 2. The Balaban J connectivity index is 4.38. The fourth-order valence-electron chi connectivity index (χ4n) is 5.79. The van der Waals surface area contributed by atoms with E-state index in [2.05, 4.69) is 50.3 Å². The first-order valence-electron chi connectivity index (χ1n) is 21.7. The number of phosphoric ester groups is 1. The van der Waals surface area contributed by atoms with Gasteiger partial charge in [-0.05, 0) is 44.9 Å². The van der Waals surface area contributed by atoms with Gasteiger partial charge in [0, 0.05) is 12.8 Å². The number of phosphoric acid groups is 1. The van der Waals surface area contributed by atoms with E-state index in [4.69, 9.17) is 18.5 Å². The van der Waals surface area contributed by atoms with Gasteiger partial charge in [0.2, 0.25) is 0 Å². The number of carbonyl (C=O) groups excluding carboxylic acids is 2. The molecule has 1 unspecified atom stereocenters. The molecule has 0 fully saturated rings. The van der Waals surface area contributed by atoms with E-state index in [-0.39, 0.29) is 32.0 Å². The molecule has 0 bridgehead atoms. The summed E-state index contributed by atoms with van der Waals surface area (Å²) < 4.78 is 34.3. The molecular weight excluding hydrogens is 701 g/mol. The number of quaternary nitrogens is 1. The van der Waals surface area contributed by atoms with Crippen LogP contribution in [0.1, 0.15) is 181 Å². The van der Waals surface area contributed by atoms with Crippen LogP contribution in [0, 0.1) is 0 Å². The highest BCUT2D eigenvalue weighted by molar-refractivity contribution is 7.47. The molecule has 0 radical (unpaired) electrons. The van der Waals surface area contributed by atoms with E-state index in [0.29, 0.717) is 17.4 Å². The predicted molar refractivity (Wildman–Crippen MR) is 224 cm³/mol. The summed E-state index contributed by atoms with van der Waals surface area (Å²) in [5.74, 6) is -0.815. The SMILES string of the molecule is CC/C=C\C/C=C\C/C=C\CCCCCCCC(=O)OC[C@H](COP(=O)(O)OCC[N+](C)(C)C)OC(=O)CCCCCCCCCCCCCCCCC. The van der Waals surface area contributed by atoms with Gasteiger partial charge in [0.05, 0.1) is 27.7 Å². The maximum atomic E-state index is 12.7. The lowest BCUT2D eigenvalue weighted by Gasteiger charge is -2.24. The maximum absolute atomic E-state index is 12.7. The summed E-state index contributed by atoms with van der Waals surface area (Å²) in [5, 5.41) is 0. The fourth-order valence-corrected chi connectivity index (χ4v) is 6.53. The molecule has 10 heteroatoms. The minimum Gasteiger partial charge on any atom is -0.462 e. The first kappa shape index (κ1) is 52.2. The molecule has 9 nitrogen and oxygen atoms in total. The lowest BCUT2D eigenvalue weighted by molar-refractivity contribution is -0.870. The molecule has 2 atom stereocenters. The van der Waals surface area contributed by atoms with Crippen molar-refractivity contribution >= 4 is 19.8 Å². The summed E-state index contributed by atoms with van der Waals surface area (Å²) in [6, 6.07) is 0. The molecule has 316 valence electrons. The average Bonchev–Trinajstić information content (AvgIpc) is 3.12. The Kier molecular flexibility index (Phi) is 35.6. The van der Waals surface area contributed by atoms with Crippen LogP contribution in [-0.2, 0) is 32.7 Å². The van der Waals surface area contributed by atoms with Gasteiger partial charge in [-0.3, -0.25) is 18.6 Å². The largest absolute Gasteiger partial charge is 0.472 e. The van der Waals surface area contributed by atoms with Gasteiger partial charge in [0.25, 0.3) is 0 Å². The molecule has 0 saturated carbocycles. The van der Waals surface area contributed by atoms with Crippen LogP contribution in [0.3, 0.4) is 0 Å². The molecule has 54 heavy (non-hydrogen) atoms. The zero-order chi connectivity index (χ0) is 40.0. The number of nitrogens with zero attached hydrogens (tertiary/aromatic N) is 1. The Morgan fingerprint density at radius 3 is 1.57 bits per heavy atom. The van der Waals surface area contributed by atoms with Crippen molar-refractivity contribution in [2.75, 3.05) is 47.5 Å². The zero-order valence-corrected chi connectivity index (χ0v) is 36.3. The van der Waals surface area contributed by atoms with Crippen LogP contribution in [0.5, 0.6) is 0 Å². The molecule has 0 aromatic heterocycles. The van der Waals surface area contributed by atoms with Crippen LogP contribution in [0.15, 0.2) is 36.5 Å². The van der Waals surface area contributed by atoms with Gasteiger partial charge < -0.3 is 18.9 Å². The van der Waals surface area contributed by atoms with Gasteiger partial charge in [-0.15, -0.1) is 0 Å². The molecular formula is C44H83NO8P+. The molecule has 0 spiro atoms. The molecule has 0 aliphatic carbocycles. The minimum absolute atomic E-state index is 0.0294. The van der Waals surface area contributed by atoms with E-state index in [0.717, 1.165) is 70.6 Å². The number of carbonyl (C=O) groups is 2. The molecule has 0 aliphatic rings. The van der Waals surface area contributed by atoms with Crippen LogP contribution >= 0.6 is 7.82 Å². The van der Waals surface area contributed by atoms with Crippen molar-refractivity contribution in [3.8, 4) is 0 Å². The third-order valence-electron chi connectivity index (χ3n) is 9.18. The van der Waals surface area contributed by atoms with Crippen molar-refractivity contribution in [1.82, 2.24) is 0 Å². The van der Waals surface area contributed by atoms with Gasteiger partial charge in [0.1, 0.15) is 19.8 Å². The predicted octanol–water partition coefficient (Wildman–Crippen LogP) is 12.1. The van der Waals surface area contributed by atoms with Gasteiger partial charge in [-0.2, -0.15) is 0 Å². The second-order valence-electron chi connectivity index (χ2n) is 15.7. The van der Waals surface area contributed by atoms with Gasteiger partial charge >= 0.3 is 19.8 Å². The average molecular weight is 785 g/mol. The summed E-state index contributed by atoms with van der Waals surface area (Å²) in [6.45, 7) is 4.30. The standard InChI is InChI=1S/C44H82NO8P/c1-6-8-10-12-14-16-18-20-22-24-26-28-30-32-34-36-43(46)50-40-42(41-52-54(48,49)51-39-38-45(3,4)5)53-44(47)37-35-33-31-29-27-25-23-21-19-17-15-13-11-9-7-2/h8,10,14,16,20,22,42H,6-7,9,11-13,15,17-19,21,23-41H2,1-5H3/p+1/b10-8-,16-14-,22-20-/t42-/m1/s1. The topological polar surface area (TPSA) is 108 Å². The molecule has 1 N–H and O–H groups in total. The van der Waals surface area contributed by atoms with Crippen LogP contribution in [0.25, 0.3) is 0 Å². The first-order valence-corrected chi connectivity index (χ1v) is 23.2. The second-order valence-corrected chi connectivity index (χ2v) is 17.2. The highest BCUT2D eigenvalue weighted by atomic mass is 31.2. The number of rotatable bonds is 39. The lowest BCUT2D eigenvalue weighted by atomic mass is 10.0. The van der Waals surface area contributed by atoms with Gasteiger partial charge in [-0.25, -0.2) is 4.57 Å². The molecule has 0 aromatic rings. The van der Waals surface area contributed by atoms with Crippen molar-refractivity contribution in [1.29, 1.82) is 0 Å². The normalized spacial score (nSPS) is 14.0. The highest BCUT2D eigenvalue weighted by Crippen LogP contribution is 2.43. The summed E-state index contributed by atoms with van der Waals surface area (Å²) >= 11 is 0. The van der Waals surface area contributed by atoms with Crippen LogP contribution < -0.4 is 0 Å². The third-order valence-corrected chi connectivity index (χ3v) is 10.2. The van der Waals surface area contributed by atoms with E-state index in [1.165, 1.54) is 77.0 Å². The van der Waals surface area contributed by atoms with E-state index < -0.39 is 26.5 Å². The van der Waals surface area contributed by atoms with E-state index in [9.17, 15) is 19.0 Å². The maximum Gasteiger partial charge on any atom is 0.472 e. The molecule has 0 saturated heterocycles. The quantitative estimate of drug-likeness (QED) is 0.0216. The molecule has 0 rings (SSSR count). The van der Waals surface area contributed by atoms with Crippen LogP contribution in [-0.4, -0.2) is 74.9 Å². The Hall–Kier alpha value is -1.77. The second kappa shape index (κ2) is 36.8. The van der Waals surface area contributed by atoms with Crippen molar-refractivity contribution in [2.24, 2.45) is 0 Å². The van der Waals surface area contributed by atoms with Crippen molar-refractivity contribution in [2.45, 2.75) is 187 Å². The summed E-state index contributed by atoms with van der Waals surface area (Å²) in [4.78, 5) is 35.3. The minimum atomic E-state index is -4.37. The number of allylic oxidation sites excluding steroid dienone is 6. The third kappa shape index (κ3) is 39.9. The van der Waals surface area contributed by atoms with Gasteiger partial charge in [0.15, 0.2) is 6.10 Å². The van der Waals surface area contributed by atoms with E-state index >= 15 is 0 Å². The number of hydrogen-bond donors (Lipinski definition) is 1. The summed E-state index contributed by atoms with van der Waals surface area (Å²) in [6.07, 6.45) is 40.4. The number of likely N-dealkylation sites (N-methyl/N-ethyl adjacent to an activating group) is 1. The molecule has 0 aliphatic heterocycles. The van der Waals surface area contributed by atoms with Crippen LogP contribution in [0.2, 0.25) is 0 Å². The monoisotopic (exact) mass is 785 g/mol. The Bertz CT molecular complexity index is 1020. The molecule has 0 heterocycles. The first-order chi connectivity index (χ1) is 26.0. The fraction of sp³-hybridized carbons (Fsp3) is 0.818. The van der Waals surface area contributed by atoms with Gasteiger partial charge in [-0.1, -0.05) is 159 Å². The Morgan fingerprint density at radius 2 is 1.06 bits per heavy atom. The van der Waals surface area contributed by atoms with Crippen LogP contribution in [0.4, 0.5) is 0 Å². The Labute approximate surface area is 331 Å². The Morgan fingerprint density at radius 1 is 0.593 bits per heavy atom.